The summed E-state index contributed by atoms with van der Waals surface area (Å²) >= 11 is 1.36. The molecule has 1 atom stereocenters. The predicted molar refractivity (Wildman–Crippen MR) is 173 cm³/mol. The zero-order chi connectivity index (χ0) is 31.5. The van der Waals surface area contributed by atoms with Crippen LogP contribution in [0.1, 0.15) is 22.8 Å². The van der Waals surface area contributed by atoms with Crippen LogP contribution in [0.4, 0.5) is 11.4 Å². The van der Waals surface area contributed by atoms with Gasteiger partial charge in [0.25, 0.3) is 11.8 Å². The molecule has 0 aliphatic carbocycles. The number of carbonyl (C=O) groups is 3. The quantitative estimate of drug-likeness (QED) is 0.128. The Morgan fingerprint density at radius 1 is 0.727 bits per heavy atom. The van der Waals surface area contributed by atoms with Crippen LogP contribution < -0.4 is 30.2 Å². The molecule has 0 radical (unpaired) electrons. The van der Waals surface area contributed by atoms with Crippen molar-refractivity contribution in [1.29, 1.82) is 0 Å². The number of thioether (sulfide) groups is 1. The third-order valence-corrected chi connectivity index (χ3v) is 7.44. The van der Waals surface area contributed by atoms with Crippen LogP contribution in [0.15, 0.2) is 108 Å². The molecule has 0 saturated carbocycles. The van der Waals surface area contributed by atoms with Crippen LogP contribution in [0.2, 0.25) is 0 Å². The summed E-state index contributed by atoms with van der Waals surface area (Å²) in [6, 6.07) is 28.3. The van der Waals surface area contributed by atoms with E-state index in [-0.39, 0.29) is 11.6 Å². The Hall–Kier alpha value is -5.22. The second-order valence-electron chi connectivity index (χ2n) is 9.43. The molecule has 10 heteroatoms. The molecule has 0 aliphatic heterocycles. The van der Waals surface area contributed by atoms with Gasteiger partial charge in [-0.3, -0.25) is 14.4 Å². The monoisotopic (exact) mass is 611 g/mol. The third kappa shape index (κ3) is 8.42. The van der Waals surface area contributed by atoms with Crippen LogP contribution in [-0.2, 0) is 9.59 Å². The molecular formula is C34H33N3O6S. The van der Waals surface area contributed by atoms with E-state index in [0.29, 0.717) is 34.1 Å². The molecule has 4 aromatic carbocycles. The molecule has 226 valence electrons. The van der Waals surface area contributed by atoms with Crippen LogP contribution in [0.25, 0.3) is 6.08 Å². The summed E-state index contributed by atoms with van der Waals surface area (Å²) in [4.78, 5) is 40.2. The van der Waals surface area contributed by atoms with Crippen molar-refractivity contribution in [2.45, 2.75) is 17.1 Å². The van der Waals surface area contributed by atoms with E-state index in [1.54, 1.807) is 60.7 Å². The Labute approximate surface area is 260 Å². The predicted octanol–water partition coefficient (Wildman–Crippen LogP) is 6.24. The van der Waals surface area contributed by atoms with Gasteiger partial charge in [-0.25, -0.2) is 0 Å². The van der Waals surface area contributed by atoms with E-state index in [0.717, 1.165) is 10.6 Å². The lowest BCUT2D eigenvalue weighted by Crippen LogP contribution is -2.30. The molecule has 0 saturated heterocycles. The van der Waals surface area contributed by atoms with Crippen molar-refractivity contribution in [3.8, 4) is 17.2 Å². The number of rotatable bonds is 12. The molecular weight excluding hydrogens is 578 g/mol. The molecule has 3 amide bonds. The zero-order valence-electron chi connectivity index (χ0n) is 24.8. The Kier molecular flexibility index (Phi) is 11.0. The molecule has 0 bridgehead atoms. The maximum Gasteiger partial charge on any atom is 0.272 e. The highest BCUT2D eigenvalue weighted by molar-refractivity contribution is 8.00. The molecule has 44 heavy (non-hydrogen) atoms. The second kappa shape index (κ2) is 15.3. The molecule has 0 spiro atoms. The first-order valence-electron chi connectivity index (χ1n) is 13.6. The number of ether oxygens (including phenoxy) is 3. The Morgan fingerprint density at radius 2 is 1.34 bits per heavy atom. The third-order valence-electron chi connectivity index (χ3n) is 6.34. The van der Waals surface area contributed by atoms with Crippen molar-refractivity contribution in [2.24, 2.45) is 0 Å². The van der Waals surface area contributed by atoms with Crippen LogP contribution in [-0.4, -0.2) is 44.3 Å². The maximum atomic E-state index is 13.6. The topological polar surface area (TPSA) is 115 Å². The second-order valence-corrected chi connectivity index (χ2v) is 10.8. The molecule has 9 nitrogen and oxygen atoms in total. The van der Waals surface area contributed by atoms with Crippen molar-refractivity contribution >= 4 is 46.9 Å². The smallest absolute Gasteiger partial charge is 0.272 e. The van der Waals surface area contributed by atoms with Gasteiger partial charge in [-0.2, -0.15) is 0 Å². The fourth-order valence-corrected chi connectivity index (χ4v) is 5.09. The molecule has 0 heterocycles. The summed E-state index contributed by atoms with van der Waals surface area (Å²) in [5.74, 6) is 0.0223. The first-order valence-corrected chi connectivity index (χ1v) is 14.5. The minimum Gasteiger partial charge on any atom is -0.493 e. The van der Waals surface area contributed by atoms with Gasteiger partial charge in [0.2, 0.25) is 11.7 Å². The van der Waals surface area contributed by atoms with E-state index >= 15 is 0 Å². The van der Waals surface area contributed by atoms with Crippen LogP contribution in [0.3, 0.4) is 0 Å². The fraction of sp³-hybridized carbons (Fsp3) is 0.147. The van der Waals surface area contributed by atoms with Crippen molar-refractivity contribution < 1.29 is 28.6 Å². The van der Waals surface area contributed by atoms with Crippen molar-refractivity contribution in [1.82, 2.24) is 5.32 Å². The van der Waals surface area contributed by atoms with Crippen molar-refractivity contribution in [3.63, 3.8) is 0 Å². The number of hydrogen-bond acceptors (Lipinski definition) is 7. The number of methoxy groups -OCH3 is 3. The highest BCUT2D eigenvalue weighted by Crippen LogP contribution is 2.38. The van der Waals surface area contributed by atoms with Gasteiger partial charge in [-0.15, -0.1) is 11.8 Å². The van der Waals surface area contributed by atoms with Gasteiger partial charge in [0, 0.05) is 21.8 Å². The Balaban J connectivity index is 1.57. The van der Waals surface area contributed by atoms with Crippen molar-refractivity contribution in [2.75, 3.05) is 32.0 Å². The summed E-state index contributed by atoms with van der Waals surface area (Å²) in [6.45, 7) is 1.81. The van der Waals surface area contributed by atoms with E-state index in [4.69, 9.17) is 14.2 Å². The number of amides is 3. The minimum absolute atomic E-state index is 0.0122. The van der Waals surface area contributed by atoms with E-state index in [1.807, 2.05) is 43.3 Å². The van der Waals surface area contributed by atoms with E-state index in [2.05, 4.69) is 16.0 Å². The summed E-state index contributed by atoms with van der Waals surface area (Å²) in [6.07, 6.45) is 1.52. The highest BCUT2D eigenvalue weighted by Gasteiger charge is 2.19. The summed E-state index contributed by atoms with van der Waals surface area (Å²) in [5.41, 5.74) is 2.11. The average Bonchev–Trinajstić information content (AvgIpc) is 3.04. The Bertz CT molecular complexity index is 1620. The maximum absolute atomic E-state index is 13.6. The number of nitrogens with one attached hydrogen (secondary N) is 3. The van der Waals surface area contributed by atoms with Gasteiger partial charge < -0.3 is 30.2 Å². The van der Waals surface area contributed by atoms with Crippen LogP contribution in [0, 0.1) is 0 Å². The molecule has 0 aliphatic rings. The zero-order valence-corrected chi connectivity index (χ0v) is 25.6. The molecule has 3 N–H and O–H groups in total. The lowest BCUT2D eigenvalue weighted by atomic mass is 10.1. The van der Waals surface area contributed by atoms with Crippen molar-refractivity contribution in [3.05, 3.63) is 114 Å². The van der Waals surface area contributed by atoms with Gasteiger partial charge in [-0.05, 0) is 73.2 Å². The summed E-state index contributed by atoms with van der Waals surface area (Å²) in [7, 11) is 4.48. The van der Waals surface area contributed by atoms with Gasteiger partial charge in [0.05, 0.1) is 26.6 Å². The largest absolute Gasteiger partial charge is 0.493 e. The SMILES string of the molecule is COc1cc(/C=C(/NC(=O)c2ccccc2)C(=O)Nc2cccc(SC(C)C(=O)Nc3ccccc3)c2)cc(OC)c1OC. The average molecular weight is 612 g/mol. The molecule has 0 aromatic heterocycles. The number of para-hydroxylation sites is 1. The Morgan fingerprint density at radius 3 is 1.95 bits per heavy atom. The standard InChI is InChI=1S/C34H33N3O6S/c1-22(32(38)35-25-14-9-6-10-15-25)44-27-17-11-16-26(21-27)36-34(40)28(37-33(39)24-12-7-5-8-13-24)18-23-19-29(41-2)31(43-4)30(20-23)42-3/h5-22H,1-4H3,(H,35,38)(H,36,40)(H,37,39)/b28-18+. The van der Waals surface area contributed by atoms with Gasteiger partial charge in [0.1, 0.15) is 5.70 Å². The normalized spacial score (nSPS) is 11.6. The first-order chi connectivity index (χ1) is 21.3. The van der Waals surface area contributed by atoms with E-state index in [1.165, 1.54) is 39.2 Å². The number of anilines is 2. The lowest BCUT2D eigenvalue weighted by Gasteiger charge is -2.15. The summed E-state index contributed by atoms with van der Waals surface area (Å²) in [5, 5.41) is 8.09. The molecule has 4 rings (SSSR count). The van der Waals surface area contributed by atoms with Gasteiger partial charge in [0.15, 0.2) is 11.5 Å². The number of hydrogen-bond donors (Lipinski definition) is 3. The number of benzene rings is 4. The lowest BCUT2D eigenvalue weighted by molar-refractivity contribution is -0.115. The van der Waals surface area contributed by atoms with Gasteiger partial charge >= 0.3 is 0 Å². The fourth-order valence-electron chi connectivity index (χ4n) is 4.16. The highest BCUT2D eigenvalue weighted by atomic mass is 32.2. The van der Waals surface area contributed by atoms with E-state index < -0.39 is 17.1 Å². The minimum atomic E-state index is -0.556. The molecule has 4 aromatic rings. The van der Waals surface area contributed by atoms with Crippen LogP contribution >= 0.6 is 11.8 Å². The molecule has 1 unspecified atom stereocenters. The van der Waals surface area contributed by atoms with E-state index in [9.17, 15) is 14.4 Å². The summed E-state index contributed by atoms with van der Waals surface area (Å²) < 4.78 is 16.3. The van der Waals surface area contributed by atoms with Crippen LogP contribution in [0.5, 0.6) is 17.2 Å². The van der Waals surface area contributed by atoms with Gasteiger partial charge in [-0.1, -0.05) is 42.5 Å². The molecule has 0 fully saturated rings. The number of carbonyl (C=O) groups excluding carboxylic acids is 3. The first kappa shape index (κ1) is 31.7.